The Bertz CT molecular complexity index is 3340. The molecule has 0 saturated carbocycles. The first-order valence-electron chi connectivity index (χ1n) is 21.7. The number of rotatable bonds is 9. The largest absolute Gasteiger partial charge is 0.310 e. The van der Waals surface area contributed by atoms with Crippen molar-refractivity contribution in [3.8, 4) is 66.8 Å². The predicted molar refractivity (Wildman–Crippen MR) is 269 cm³/mol. The predicted octanol–water partition coefficient (Wildman–Crippen LogP) is 17.5. The Morgan fingerprint density at radius 1 is 0.222 bits per heavy atom. The zero-order valence-electron chi connectivity index (χ0n) is 34.8. The first kappa shape index (κ1) is 37.7. The normalized spacial score (nSPS) is 11.2. The van der Waals surface area contributed by atoms with Crippen molar-refractivity contribution in [1.82, 2.24) is 0 Å². The molecule has 0 amide bonds. The topological polar surface area (TPSA) is 3.24 Å². The summed E-state index contributed by atoms with van der Waals surface area (Å²) in [5.41, 5.74) is 17.6. The van der Waals surface area contributed by atoms with Crippen molar-refractivity contribution in [1.29, 1.82) is 0 Å². The Hall–Kier alpha value is -8.26. The maximum Gasteiger partial charge on any atom is 0.0546 e. The molecule has 0 spiro atoms. The van der Waals surface area contributed by atoms with E-state index < -0.39 is 0 Å². The van der Waals surface area contributed by atoms with E-state index in [2.05, 4.69) is 266 Å². The average molecular weight is 802 g/mol. The third-order valence-electron chi connectivity index (χ3n) is 12.3. The van der Waals surface area contributed by atoms with Gasteiger partial charge in [-0.25, -0.2) is 0 Å². The van der Waals surface area contributed by atoms with Crippen LogP contribution >= 0.6 is 0 Å². The van der Waals surface area contributed by atoms with Crippen LogP contribution in [0, 0.1) is 0 Å². The van der Waals surface area contributed by atoms with Crippen LogP contribution in [0.5, 0.6) is 0 Å². The van der Waals surface area contributed by atoms with Crippen molar-refractivity contribution in [3.05, 3.63) is 261 Å². The van der Waals surface area contributed by atoms with Crippen molar-refractivity contribution in [2.75, 3.05) is 4.90 Å². The summed E-state index contributed by atoms with van der Waals surface area (Å²) in [7, 11) is 0. The van der Waals surface area contributed by atoms with Gasteiger partial charge in [-0.15, -0.1) is 0 Å². The summed E-state index contributed by atoms with van der Waals surface area (Å²) >= 11 is 0. The second-order valence-corrected chi connectivity index (χ2v) is 16.0. The fourth-order valence-corrected chi connectivity index (χ4v) is 9.34. The van der Waals surface area contributed by atoms with Gasteiger partial charge < -0.3 is 4.90 Å². The molecule has 0 fully saturated rings. The number of nitrogens with zero attached hydrogens (tertiary/aromatic N) is 1. The fourth-order valence-electron chi connectivity index (χ4n) is 9.34. The molecule has 0 aromatic heterocycles. The van der Waals surface area contributed by atoms with Gasteiger partial charge in [0.15, 0.2) is 0 Å². The molecule has 0 aliphatic heterocycles. The highest BCUT2D eigenvalue weighted by Crippen LogP contribution is 2.50. The molecule has 0 aliphatic carbocycles. The van der Waals surface area contributed by atoms with Crippen molar-refractivity contribution in [3.63, 3.8) is 0 Å². The lowest BCUT2D eigenvalue weighted by molar-refractivity contribution is 1.30. The second kappa shape index (κ2) is 16.7. The lowest BCUT2D eigenvalue weighted by Gasteiger charge is -2.30. The molecule has 11 rings (SSSR count). The molecule has 0 unspecified atom stereocenters. The van der Waals surface area contributed by atoms with Crippen LogP contribution in [0.25, 0.3) is 88.3 Å². The van der Waals surface area contributed by atoms with E-state index in [1.165, 1.54) is 82.7 Å². The zero-order chi connectivity index (χ0) is 42.0. The Balaban J connectivity index is 1.15. The quantitative estimate of drug-likeness (QED) is 0.131. The van der Waals surface area contributed by atoms with Crippen LogP contribution in [0.2, 0.25) is 0 Å². The molecule has 1 heteroatoms. The minimum atomic E-state index is 1.08. The highest BCUT2D eigenvalue weighted by Gasteiger charge is 2.24. The molecule has 0 radical (unpaired) electrons. The summed E-state index contributed by atoms with van der Waals surface area (Å²) in [5.74, 6) is 0. The van der Waals surface area contributed by atoms with Crippen molar-refractivity contribution >= 4 is 38.6 Å². The first-order chi connectivity index (χ1) is 31.3. The molecule has 0 atom stereocenters. The molecule has 11 aromatic rings. The molecule has 0 heterocycles. The number of hydrogen-bond acceptors (Lipinski definition) is 1. The molecule has 296 valence electrons. The minimum absolute atomic E-state index is 1.08. The number of anilines is 3. The molecule has 0 saturated heterocycles. The zero-order valence-corrected chi connectivity index (χ0v) is 34.8. The molecule has 63 heavy (non-hydrogen) atoms. The van der Waals surface area contributed by atoms with Crippen LogP contribution in [0.3, 0.4) is 0 Å². The van der Waals surface area contributed by atoms with Crippen molar-refractivity contribution < 1.29 is 0 Å². The highest BCUT2D eigenvalue weighted by atomic mass is 15.1. The van der Waals surface area contributed by atoms with E-state index in [9.17, 15) is 0 Å². The molecule has 0 aliphatic rings. The average Bonchev–Trinajstić information content (AvgIpc) is 3.37. The van der Waals surface area contributed by atoms with Gasteiger partial charge in [-0.2, -0.15) is 0 Å². The van der Waals surface area contributed by atoms with E-state index in [0.717, 1.165) is 22.6 Å². The lowest BCUT2D eigenvalue weighted by atomic mass is 9.84. The third kappa shape index (κ3) is 7.16. The summed E-state index contributed by atoms with van der Waals surface area (Å²) in [5, 5.41) is 4.89. The number of benzene rings is 11. The monoisotopic (exact) mass is 801 g/mol. The molecule has 0 bridgehead atoms. The van der Waals surface area contributed by atoms with Gasteiger partial charge in [0, 0.05) is 22.3 Å². The number of hydrogen-bond donors (Lipinski definition) is 0. The van der Waals surface area contributed by atoms with Gasteiger partial charge in [-0.05, 0) is 114 Å². The van der Waals surface area contributed by atoms with Gasteiger partial charge in [-0.3, -0.25) is 0 Å². The highest BCUT2D eigenvalue weighted by molar-refractivity contribution is 6.25. The van der Waals surface area contributed by atoms with Crippen LogP contribution in [0.4, 0.5) is 17.1 Å². The van der Waals surface area contributed by atoms with Crippen molar-refractivity contribution in [2.45, 2.75) is 0 Å². The van der Waals surface area contributed by atoms with Gasteiger partial charge in [0.2, 0.25) is 0 Å². The standard InChI is InChI=1S/C62H43N/c1-6-20-44(21-7-1)50-30-18-31-53(42-50)63(52-39-36-45(37-40-52)51-38-41-54(46-22-8-2-9-23-46)58(43-51)47-24-10-3-11-25-47)59-35-19-34-57-55-32-16-17-33-56(55)60(48-26-12-4-13-27-48)61(62(57)59)49-28-14-5-15-29-49/h1-43H. The second-order valence-electron chi connectivity index (χ2n) is 16.0. The molecule has 1 nitrogen and oxygen atoms in total. The van der Waals surface area contributed by atoms with Gasteiger partial charge >= 0.3 is 0 Å². The minimum Gasteiger partial charge on any atom is -0.310 e. The van der Waals surface area contributed by atoms with E-state index in [0.29, 0.717) is 0 Å². The van der Waals surface area contributed by atoms with E-state index in [1.807, 2.05) is 0 Å². The van der Waals surface area contributed by atoms with Crippen LogP contribution in [0.15, 0.2) is 261 Å². The summed E-state index contributed by atoms with van der Waals surface area (Å²) in [6.07, 6.45) is 0. The molecular weight excluding hydrogens is 759 g/mol. The Kier molecular flexibility index (Phi) is 9.97. The van der Waals surface area contributed by atoms with E-state index in [-0.39, 0.29) is 0 Å². The van der Waals surface area contributed by atoms with E-state index in [1.54, 1.807) is 0 Å². The van der Waals surface area contributed by atoms with Crippen LogP contribution < -0.4 is 4.90 Å². The van der Waals surface area contributed by atoms with E-state index in [4.69, 9.17) is 0 Å². The van der Waals surface area contributed by atoms with Gasteiger partial charge in [0.25, 0.3) is 0 Å². The lowest BCUT2D eigenvalue weighted by Crippen LogP contribution is -2.11. The Morgan fingerprint density at radius 2 is 0.667 bits per heavy atom. The van der Waals surface area contributed by atoms with Gasteiger partial charge in [0.05, 0.1) is 5.69 Å². The van der Waals surface area contributed by atoms with Crippen LogP contribution in [-0.4, -0.2) is 0 Å². The van der Waals surface area contributed by atoms with Gasteiger partial charge in [-0.1, -0.05) is 224 Å². The Labute approximate surface area is 369 Å². The third-order valence-corrected chi connectivity index (χ3v) is 12.3. The summed E-state index contributed by atoms with van der Waals surface area (Å²) in [6.45, 7) is 0. The smallest absolute Gasteiger partial charge is 0.0546 e. The maximum atomic E-state index is 2.46. The Morgan fingerprint density at radius 3 is 1.30 bits per heavy atom. The van der Waals surface area contributed by atoms with E-state index >= 15 is 0 Å². The maximum absolute atomic E-state index is 2.46. The van der Waals surface area contributed by atoms with Crippen molar-refractivity contribution in [2.24, 2.45) is 0 Å². The fraction of sp³-hybridized carbons (Fsp3) is 0. The molecule has 0 N–H and O–H groups in total. The molecular formula is C62H43N. The number of fused-ring (bicyclic) bond motifs is 3. The van der Waals surface area contributed by atoms with Crippen LogP contribution in [-0.2, 0) is 0 Å². The van der Waals surface area contributed by atoms with Gasteiger partial charge in [0.1, 0.15) is 0 Å². The first-order valence-corrected chi connectivity index (χ1v) is 21.7. The van der Waals surface area contributed by atoms with Crippen LogP contribution in [0.1, 0.15) is 0 Å². The summed E-state index contributed by atoms with van der Waals surface area (Å²) in [6, 6.07) is 94.7. The summed E-state index contributed by atoms with van der Waals surface area (Å²) < 4.78 is 0. The molecule has 11 aromatic carbocycles. The SMILES string of the molecule is c1ccc(-c2cccc(N(c3ccc(-c4ccc(-c5ccccc5)c(-c5ccccc5)c4)cc3)c3cccc4c3c(-c3ccccc3)c(-c3ccccc3)c3ccccc34)c2)cc1. The summed E-state index contributed by atoms with van der Waals surface area (Å²) in [4.78, 5) is 2.46.